The van der Waals surface area contributed by atoms with Gasteiger partial charge in [-0.25, -0.2) is 9.78 Å². The Morgan fingerprint density at radius 1 is 1.16 bits per heavy atom. The number of carbonyl (C=O) groups excluding carboxylic acids is 2. The molecule has 1 heterocycles. The standard InChI is InChI=1S/C23H22Cl2N2O4S/c1-4-16-5-8-19(9-6-16)27(15(3)28)23-26-18(13-32-23)12-30-22(29)14(2)31-21-10-7-17(24)11-20(21)25/h5-11,13-14H,4,12H2,1-3H3. The van der Waals surface area contributed by atoms with Gasteiger partial charge >= 0.3 is 5.97 Å². The molecule has 32 heavy (non-hydrogen) atoms. The zero-order chi connectivity index (χ0) is 23.3. The topological polar surface area (TPSA) is 68.7 Å². The van der Waals surface area contributed by atoms with Crippen molar-refractivity contribution < 1.29 is 19.1 Å². The first-order chi connectivity index (χ1) is 15.3. The van der Waals surface area contributed by atoms with Crippen molar-refractivity contribution in [2.45, 2.75) is 39.9 Å². The summed E-state index contributed by atoms with van der Waals surface area (Å²) in [5, 5.41) is 3.03. The van der Waals surface area contributed by atoms with E-state index in [1.165, 1.54) is 34.8 Å². The van der Waals surface area contributed by atoms with Crippen molar-refractivity contribution in [3.8, 4) is 5.75 Å². The smallest absolute Gasteiger partial charge is 0.347 e. The fraction of sp³-hybridized carbons (Fsp3) is 0.261. The number of aryl methyl sites for hydroxylation is 1. The molecule has 0 aliphatic carbocycles. The van der Waals surface area contributed by atoms with Crippen molar-refractivity contribution in [3.63, 3.8) is 0 Å². The lowest BCUT2D eigenvalue weighted by atomic mass is 10.1. The summed E-state index contributed by atoms with van der Waals surface area (Å²) in [5.41, 5.74) is 2.45. The van der Waals surface area contributed by atoms with E-state index < -0.39 is 12.1 Å². The Balaban J connectivity index is 1.63. The van der Waals surface area contributed by atoms with E-state index in [1.54, 1.807) is 24.4 Å². The third-order valence-corrected chi connectivity index (χ3v) is 5.95. The largest absolute Gasteiger partial charge is 0.477 e. The molecule has 1 amide bonds. The lowest BCUT2D eigenvalue weighted by Gasteiger charge is -2.18. The van der Waals surface area contributed by atoms with Crippen LogP contribution in [0.15, 0.2) is 47.8 Å². The highest BCUT2D eigenvalue weighted by Crippen LogP contribution is 2.30. The number of amides is 1. The van der Waals surface area contributed by atoms with Crippen LogP contribution in [-0.4, -0.2) is 23.0 Å². The number of hydrogen-bond acceptors (Lipinski definition) is 6. The van der Waals surface area contributed by atoms with Gasteiger partial charge in [0.2, 0.25) is 5.91 Å². The fourth-order valence-electron chi connectivity index (χ4n) is 2.84. The Kier molecular flexibility index (Phi) is 8.12. The molecule has 168 valence electrons. The molecule has 2 aromatic carbocycles. The van der Waals surface area contributed by atoms with Crippen LogP contribution in [0.4, 0.5) is 10.8 Å². The molecule has 0 aliphatic rings. The Morgan fingerprint density at radius 2 is 1.88 bits per heavy atom. The summed E-state index contributed by atoms with van der Waals surface area (Å²) in [6, 6.07) is 12.5. The van der Waals surface area contributed by atoms with E-state index in [0.717, 1.165) is 12.1 Å². The first kappa shape index (κ1) is 24.0. The number of hydrogen-bond donors (Lipinski definition) is 0. The van der Waals surface area contributed by atoms with Crippen molar-refractivity contribution >= 4 is 57.2 Å². The van der Waals surface area contributed by atoms with Crippen LogP contribution in [0.3, 0.4) is 0 Å². The summed E-state index contributed by atoms with van der Waals surface area (Å²) in [5.74, 6) is -0.388. The molecular formula is C23H22Cl2N2O4S. The van der Waals surface area contributed by atoms with Crippen LogP contribution < -0.4 is 9.64 Å². The van der Waals surface area contributed by atoms with Gasteiger partial charge in [-0.15, -0.1) is 11.3 Å². The Bertz CT molecular complexity index is 1100. The number of halogens is 2. The molecule has 9 heteroatoms. The second kappa shape index (κ2) is 10.8. The summed E-state index contributed by atoms with van der Waals surface area (Å²) >= 11 is 13.2. The zero-order valence-electron chi connectivity index (χ0n) is 17.8. The Hall–Kier alpha value is -2.61. The Labute approximate surface area is 200 Å². The molecular weight excluding hydrogens is 471 g/mol. The number of anilines is 2. The summed E-state index contributed by atoms with van der Waals surface area (Å²) < 4.78 is 10.9. The number of rotatable bonds is 8. The summed E-state index contributed by atoms with van der Waals surface area (Å²) in [4.78, 5) is 30.6. The number of thiazole rings is 1. The summed E-state index contributed by atoms with van der Waals surface area (Å²) in [6.45, 7) is 5.08. The van der Waals surface area contributed by atoms with Crippen LogP contribution in [0.5, 0.6) is 5.75 Å². The van der Waals surface area contributed by atoms with E-state index >= 15 is 0 Å². The molecule has 3 rings (SSSR count). The second-order valence-electron chi connectivity index (χ2n) is 6.94. The highest BCUT2D eigenvalue weighted by atomic mass is 35.5. The molecule has 0 bridgehead atoms. The normalized spacial score (nSPS) is 11.7. The minimum absolute atomic E-state index is 0.0437. The van der Waals surface area contributed by atoms with Gasteiger partial charge in [-0.2, -0.15) is 0 Å². The predicted octanol–water partition coefficient (Wildman–Crippen LogP) is 6.21. The van der Waals surface area contributed by atoms with Gasteiger partial charge in [0.15, 0.2) is 11.2 Å². The molecule has 1 atom stereocenters. The molecule has 0 fully saturated rings. The number of benzene rings is 2. The average molecular weight is 493 g/mol. The molecule has 1 aromatic heterocycles. The fourth-order valence-corrected chi connectivity index (χ4v) is 4.17. The van der Waals surface area contributed by atoms with E-state index in [-0.39, 0.29) is 12.5 Å². The van der Waals surface area contributed by atoms with Gasteiger partial charge in [0.05, 0.1) is 16.4 Å². The number of esters is 1. The summed E-state index contributed by atoms with van der Waals surface area (Å²) in [7, 11) is 0. The molecule has 0 saturated heterocycles. The van der Waals surface area contributed by atoms with Gasteiger partial charge in [-0.3, -0.25) is 9.69 Å². The SMILES string of the molecule is CCc1ccc(N(C(C)=O)c2nc(COC(=O)C(C)Oc3ccc(Cl)cc3Cl)cs2)cc1. The molecule has 0 spiro atoms. The maximum absolute atomic E-state index is 12.3. The van der Waals surface area contributed by atoms with E-state index in [0.29, 0.717) is 26.6 Å². The maximum atomic E-state index is 12.3. The van der Waals surface area contributed by atoms with E-state index in [1.807, 2.05) is 24.3 Å². The van der Waals surface area contributed by atoms with Crippen molar-refractivity contribution in [2.24, 2.45) is 0 Å². The van der Waals surface area contributed by atoms with Gasteiger partial charge in [-0.1, -0.05) is 42.3 Å². The quantitative estimate of drug-likeness (QED) is 0.349. The lowest BCUT2D eigenvalue weighted by Crippen LogP contribution is -2.26. The van der Waals surface area contributed by atoms with Gasteiger partial charge < -0.3 is 9.47 Å². The number of aromatic nitrogens is 1. The molecule has 1 unspecified atom stereocenters. The van der Waals surface area contributed by atoms with Crippen LogP contribution in [0.2, 0.25) is 10.0 Å². The van der Waals surface area contributed by atoms with Gasteiger partial charge in [0, 0.05) is 17.3 Å². The second-order valence-corrected chi connectivity index (χ2v) is 8.62. The Morgan fingerprint density at radius 3 is 2.50 bits per heavy atom. The third kappa shape index (κ3) is 6.00. The van der Waals surface area contributed by atoms with Crippen LogP contribution in [0.25, 0.3) is 0 Å². The van der Waals surface area contributed by atoms with E-state index in [4.69, 9.17) is 32.7 Å². The number of nitrogens with zero attached hydrogens (tertiary/aromatic N) is 2. The maximum Gasteiger partial charge on any atom is 0.347 e. The van der Waals surface area contributed by atoms with Crippen LogP contribution >= 0.6 is 34.5 Å². The molecule has 0 aliphatic heterocycles. The van der Waals surface area contributed by atoms with Crippen molar-refractivity contribution in [1.29, 1.82) is 0 Å². The van der Waals surface area contributed by atoms with Crippen LogP contribution in [0.1, 0.15) is 32.0 Å². The minimum atomic E-state index is -0.877. The molecule has 6 nitrogen and oxygen atoms in total. The van der Waals surface area contributed by atoms with Crippen molar-refractivity contribution in [1.82, 2.24) is 4.98 Å². The number of ether oxygens (including phenoxy) is 2. The van der Waals surface area contributed by atoms with Crippen molar-refractivity contribution in [3.05, 3.63) is 69.1 Å². The predicted molar refractivity (Wildman–Crippen MR) is 127 cm³/mol. The summed E-state index contributed by atoms with van der Waals surface area (Å²) in [6.07, 6.45) is 0.0389. The molecule has 0 radical (unpaired) electrons. The lowest BCUT2D eigenvalue weighted by molar-refractivity contribution is -0.152. The zero-order valence-corrected chi connectivity index (χ0v) is 20.1. The first-order valence-corrected chi connectivity index (χ1v) is 11.5. The average Bonchev–Trinajstić information content (AvgIpc) is 3.22. The van der Waals surface area contributed by atoms with Crippen molar-refractivity contribution in [2.75, 3.05) is 4.90 Å². The molecule has 3 aromatic rings. The minimum Gasteiger partial charge on any atom is -0.477 e. The van der Waals surface area contributed by atoms with Gasteiger partial charge in [0.25, 0.3) is 0 Å². The van der Waals surface area contributed by atoms with Crippen LogP contribution in [0, 0.1) is 0 Å². The number of carbonyl (C=O) groups is 2. The monoisotopic (exact) mass is 492 g/mol. The highest BCUT2D eigenvalue weighted by Gasteiger charge is 2.21. The van der Waals surface area contributed by atoms with E-state index in [9.17, 15) is 9.59 Å². The van der Waals surface area contributed by atoms with Gasteiger partial charge in [-0.05, 0) is 49.2 Å². The molecule has 0 saturated carbocycles. The third-order valence-electron chi connectivity index (χ3n) is 4.54. The van der Waals surface area contributed by atoms with Crippen LogP contribution in [-0.2, 0) is 27.4 Å². The highest BCUT2D eigenvalue weighted by molar-refractivity contribution is 7.14. The first-order valence-electron chi connectivity index (χ1n) is 9.91. The molecule has 0 N–H and O–H groups in total. The van der Waals surface area contributed by atoms with Gasteiger partial charge in [0.1, 0.15) is 12.4 Å². The van der Waals surface area contributed by atoms with E-state index in [2.05, 4.69) is 11.9 Å².